The van der Waals surface area contributed by atoms with E-state index in [1.807, 2.05) is 30.3 Å². The number of urea groups is 1. The second-order valence-corrected chi connectivity index (χ2v) is 7.53. The molecule has 1 N–H and O–H groups in total. The first-order valence-electron chi connectivity index (χ1n) is 10.4. The molecule has 1 aliphatic rings. The summed E-state index contributed by atoms with van der Waals surface area (Å²) in [6, 6.07) is 14.1. The van der Waals surface area contributed by atoms with Crippen LogP contribution in [-0.2, 0) is 11.2 Å². The van der Waals surface area contributed by atoms with Crippen LogP contribution in [0.15, 0.2) is 53.1 Å². The van der Waals surface area contributed by atoms with Crippen LogP contribution in [0, 0.1) is 12.7 Å². The van der Waals surface area contributed by atoms with Gasteiger partial charge in [-0.25, -0.2) is 9.18 Å². The monoisotopic (exact) mass is 424 g/mol. The predicted octanol–water partition coefficient (Wildman–Crippen LogP) is 4.44. The molecule has 7 nitrogen and oxygen atoms in total. The quantitative estimate of drug-likeness (QED) is 0.633. The Kier molecular flexibility index (Phi) is 6.57. The van der Waals surface area contributed by atoms with E-state index in [-0.39, 0.29) is 18.0 Å². The van der Waals surface area contributed by atoms with Crippen LogP contribution in [0.25, 0.3) is 11.5 Å². The Morgan fingerprint density at radius 1 is 1.19 bits per heavy atom. The molecule has 2 aromatic carbocycles. The number of halogens is 1. The molecule has 2 heterocycles. The summed E-state index contributed by atoms with van der Waals surface area (Å²) in [4.78, 5) is 18.6. The minimum atomic E-state index is -0.331. The van der Waals surface area contributed by atoms with Gasteiger partial charge in [0, 0.05) is 36.3 Å². The number of piperidine rings is 1. The summed E-state index contributed by atoms with van der Waals surface area (Å²) in [5, 5.41) is 6.80. The van der Waals surface area contributed by atoms with Crippen molar-refractivity contribution in [1.29, 1.82) is 0 Å². The molecular formula is C23H25FN4O3. The van der Waals surface area contributed by atoms with Crippen LogP contribution in [0.3, 0.4) is 0 Å². The number of hydrogen-bond donors (Lipinski definition) is 1. The fourth-order valence-electron chi connectivity index (χ4n) is 3.53. The molecule has 0 unspecified atom stereocenters. The number of anilines is 1. The Bertz CT molecular complexity index is 1020. The molecule has 0 radical (unpaired) electrons. The molecule has 0 spiro atoms. The first-order valence-corrected chi connectivity index (χ1v) is 10.4. The average Bonchev–Trinajstić information content (AvgIpc) is 3.27. The van der Waals surface area contributed by atoms with Crippen LogP contribution in [0.5, 0.6) is 0 Å². The standard InChI is InChI=1S/C23H25FN4O3/c1-16-19(24)8-5-9-20(16)25-23(29)28-13-10-18(11-14-28)30-15-12-21-26-22(31-27-21)17-6-3-2-4-7-17/h2-9,18H,10-15H2,1H3,(H,25,29). The number of amides is 2. The maximum absolute atomic E-state index is 13.7. The van der Waals surface area contributed by atoms with Crippen molar-refractivity contribution in [2.45, 2.75) is 32.3 Å². The van der Waals surface area contributed by atoms with Crippen molar-refractivity contribution >= 4 is 11.7 Å². The Morgan fingerprint density at radius 2 is 1.97 bits per heavy atom. The fourth-order valence-corrected chi connectivity index (χ4v) is 3.53. The van der Waals surface area contributed by atoms with Crippen LogP contribution >= 0.6 is 0 Å². The highest BCUT2D eigenvalue weighted by molar-refractivity contribution is 5.90. The molecule has 8 heteroatoms. The van der Waals surface area contributed by atoms with Crippen molar-refractivity contribution in [2.75, 3.05) is 25.0 Å². The van der Waals surface area contributed by atoms with Gasteiger partial charge in [0.2, 0.25) is 0 Å². The SMILES string of the molecule is Cc1c(F)cccc1NC(=O)N1CCC(OCCc2noc(-c3ccccc3)n2)CC1. The summed E-state index contributed by atoms with van der Waals surface area (Å²) in [6.07, 6.45) is 2.14. The second-order valence-electron chi connectivity index (χ2n) is 7.53. The number of carbonyl (C=O) groups excluding carboxylic acids is 1. The van der Waals surface area contributed by atoms with Crippen LogP contribution in [0.2, 0.25) is 0 Å². The first kappa shape index (κ1) is 21.0. The average molecular weight is 424 g/mol. The zero-order chi connectivity index (χ0) is 21.6. The van der Waals surface area contributed by atoms with Gasteiger partial charge in [-0.1, -0.05) is 29.4 Å². The largest absolute Gasteiger partial charge is 0.378 e. The van der Waals surface area contributed by atoms with E-state index < -0.39 is 0 Å². The molecule has 31 heavy (non-hydrogen) atoms. The lowest BCUT2D eigenvalue weighted by Gasteiger charge is -2.32. The lowest BCUT2D eigenvalue weighted by atomic mass is 10.1. The van der Waals surface area contributed by atoms with Crippen molar-refractivity contribution in [3.63, 3.8) is 0 Å². The van der Waals surface area contributed by atoms with Gasteiger partial charge in [0.1, 0.15) is 5.82 Å². The van der Waals surface area contributed by atoms with Gasteiger partial charge in [0.15, 0.2) is 5.82 Å². The van der Waals surface area contributed by atoms with Crippen molar-refractivity contribution in [2.24, 2.45) is 0 Å². The number of nitrogens with one attached hydrogen (secondary N) is 1. The van der Waals surface area contributed by atoms with E-state index in [2.05, 4.69) is 15.5 Å². The minimum absolute atomic E-state index is 0.0838. The topological polar surface area (TPSA) is 80.5 Å². The molecule has 1 aromatic heterocycles. The van der Waals surface area contributed by atoms with Crippen molar-refractivity contribution in [3.05, 3.63) is 65.7 Å². The number of ether oxygens (including phenoxy) is 1. The summed E-state index contributed by atoms with van der Waals surface area (Å²) in [5.74, 6) is 0.784. The number of likely N-dealkylation sites (tertiary alicyclic amines) is 1. The van der Waals surface area contributed by atoms with Crippen molar-refractivity contribution < 1.29 is 18.4 Å². The van der Waals surface area contributed by atoms with Gasteiger partial charge in [-0.3, -0.25) is 0 Å². The molecule has 1 saturated heterocycles. The van der Waals surface area contributed by atoms with Crippen LogP contribution in [-0.4, -0.2) is 46.9 Å². The number of benzene rings is 2. The molecule has 0 atom stereocenters. The normalized spacial score (nSPS) is 14.6. The first-order chi connectivity index (χ1) is 15.1. The summed E-state index contributed by atoms with van der Waals surface area (Å²) in [7, 11) is 0. The van der Waals surface area contributed by atoms with Gasteiger partial charge in [0.25, 0.3) is 5.89 Å². The molecule has 2 amide bonds. The van der Waals surface area contributed by atoms with E-state index in [4.69, 9.17) is 9.26 Å². The van der Waals surface area contributed by atoms with Gasteiger partial charge < -0.3 is 19.5 Å². The van der Waals surface area contributed by atoms with Gasteiger partial charge >= 0.3 is 6.03 Å². The molecule has 162 valence electrons. The lowest BCUT2D eigenvalue weighted by molar-refractivity contribution is 0.0168. The molecule has 1 fully saturated rings. The van der Waals surface area contributed by atoms with E-state index in [1.54, 1.807) is 24.0 Å². The third-order valence-electron chi connectivity index (χ3n) is 5.41. The van der Waals surface area contributed by atoms with Gasteiger partial charge in [-0.15, -0.1) is 0 Å². The lowest BCUT2D eigenvalue weighted by Crippen LogP contribution is -2.43. The van der Waals surface area contributed by atoms with E-state index >= 15 is 0 Å². The molecule has 0 bridgehead atoms. The second kappa shape index (κ2) is 9.70. The van der Waals surface area contributed by atoms with Crippen LogP contribution in [0.1, 0.15) is 24.2 Å². The molecule has 1 aliphatic heterocycles. The summed E-state index contributed by atoms with van der Waals surface area (Å²) < 4.78 is 24.9. The Labute approximate surface area is 180 Å². The van der Waals surface area contributed by atoms with Crippen LogP contribution < -0.4 is 5.32 Å². The molecular weight excluding hydrogens is 399 g/mol. The number of aromatic nitrogens is 2. The van der Waals surface area contributed by atoms with E-state index in [1.165, 1.54) is 6.07 Å². The number of rotatable bonds is 6. The Hall–Kier alpha value is -3.26. The zero-order valence-electron chi connectivity index (χ0n) is 17.4. The van der Waals surface area contributed by atoms with E-state index in [0.29, 0.717) is 49.1 Å². The van der Waals surface area contributed by atoms with Crippen molar-refractivity contribution in [1.82, 2.24) is 15.0 Å². The minimum Gasteiger partial charge on any atom is -0.378 e. The zero-order valence-corrected chi connectivity index (χ0v) is 17.4. The van der Waals surface area contributed by atoms with Crippen molar-refractivity contribution in [3.8, 4) is 11.5 Å². The van der Waals surface area contributed by atoms with Gasteiger partial charge in [-0.2, -0.15) is 4.98 Å². The summed E-state index contributed by atoms with van der Waals surface area (Å²) in [6.45, 7) is 3.32. The highest BCUT2D eigenvalue weighted by Crippen LogP contribution is 2.20. The maximum Gasteiger partial charge on any atom is 0.321 e. The number of hydrogen-bond acceptors (Lipinski definition) is 5. The highest BCUT2D eigenvalue weighted by atomic mass is 19.1. The highest BCUT2D eigenvalue weighted by Gasteiger charge is 2.24. The third-order valence-corrected chi connectivity index (χ3v) is 5.41. The number of carbonyl (C=O) groups is 1. The molecule has 3 aromatic rings. The summed E-state index contributed by atoms with van der Waals surface area (Å²) in [5.41, 5.74) is 1.82. The van der Waals surface area contributed by atoms with Gasteiger partial charge in [-0.05, 0) is 44.0 Å². The van der Waals surface area contributed by atoms with Crippen LogP contribution in [0.4, 0.5) is 14.9 Å². The Balaban J connectivity index is 1.20. The summed E-state index contributed by atoms with van der Waals surface area (Å²) >= 11 is 0. The Morgan fingerprint density at radius 3 is 2.74 bits per heavy atom. The number of nitrogens with zero attached hydrogens (tertiary/aromatic N) is 3. The predicted molar refractivity (Wildman–Crippen MR) is 114 cm³/mol. The smallest absolute Gasteiger partial charge is 0.321 e. The van der Waals surface area contributed by atoms with E-state index in [0.717, 1.165) is 18.4 Å². The third kappa shape index (κ3) is 5.27. The fraction of sp³-hybridized carbons (Fsp3) is 0.348. The molecule has 0 aliphatic carbocycles. The maximum atomic E-state index is 13.7. The van der Waals surface area contributed by atoms with E-state index in [9.17, 15) is 9.18 Å². The molecule has 0 saturated carbocycles. The molecule has 4 rings (SSSR count). The van der Waals surface area contributed by atoms with Gasteiger partial charge in [0.05, 0.1) is 12.7 Å².